The number of rotatable bonds is 3. The summed E-state index contributed by atoms with van der Waals surface area (Å²) in [7, 11) is 0. The van der Waals surface area contributed by atoms with Gasteiger partial charge in [-0.1, -0.05) is 28.4 Å². The van der Waals surface area contributed by atoms with Gasteiger partial charge in [0.1, 0.15) is 12.3 Å². The van der Waals surface area contributed by atoms with Gasteiger partial charge < -0.3 is 4.84 Å². The molecular weight excluding hydrogens is 280 g/mol. The van der Waals surface area contributed by atoms with Gasteiger partial charge in [-0.3, -0.25) is 4.98 Å². The molecule has 3 nitrogen and oxygen atoms in total. The summed E-state index contributed by atoms with van der Waals surface area (Å²) >= 11 is 11.2. The van der Waals surface area contributed by atoms with Gasteiger partial charge in [-0.2, -0.15) is 13.2 Å². The van der Waals surface area contributed by atoms with Crippen LogP contribution in [0.5, 0.6) is 0 Å². The normalized spacial score (nSPS) is 12.7. The first-order valence-corrected chi connectivity index (χ1v) is 5.21. The first kappa shape index (κ1) is 14.1. The van der Waals surface area contributed by atoms with E-state index in [9.17, 15) is 13.2 Å². The summed E-state index contributed by atoms with van der Waals surface area (Å²) < 4.78 is 37.6. The minimum atomic E-state index is -4.57. The first-order valence-electron chi connectivity index (χ1n) is 4.45. The molecule has 1 rings (SSSR count). The van der Waals surface area contributed by atoms with Crippen LogP contribution in [0.25, 0.3) is 0 Å². The maximum absolute atomic E-state index is 12.5. The molecule has 94 valence electrons. The van der Waals surface area contributed by atoms with Crippen molar-refractivity contribution in [2.24, 2.45) is 5.16 Å². The Balaban J connectivity index is 3.20. The van der Waals surface area contributed by atoms with Gasteiger partial charge in [-0.15, -0.1) is 0 Å². The van der Waals surface area contributed by atoms with E-state index < -0.39 is 16.8 Å². The van der Waals surface area contributed by atoms with Crippen molar-refractivity contribution >= 4 is 28.4 Å². The van der Waals surface area contributed by atoms with Crippen LogP contribution in [0.4, 0.5) is 13.2 Å². The van der Waals surface area contributed by atoms with Crippen molar-refractivity contribution in [3.63, 3.8) is 0 Å². The third-order valence-electron chi connectivity index (χ3n) is 1.66. The molecule has 0 aliphatic heterocycles. The van der Waals surface area contributed by atoms with Crippen molar-refractivity contribution in [1.82, 2.24) is 4.98 Å². The highest BCUT2D eigenvalue weighted by Crippen LogP contribution is 2.35. The van der Waals surface area contributed by atoms with E-state index in [4.69, 9.17) is 23.2 Å². The summed E-state index contributed by atoms with van der Waals surface area (Å²) in [6.45, 7) is 1.88. The fourth-order valence-electron chi connectivity index (χ4n) is 0.971. The minimum Gasteiger partial charge on any atom is -0.395 e. The Bertz CT molecular complexity index is 435. The van der Waals surface area contributed by atoms with Crippen molar-refractivity contribution < 1.29 is 18.0 Å². The molecule has 0 fully saturated rings. The van der Waals surface area contributed by atoms with Gasteiger partial charge in [-0.25, -0.2) is 0 Å². The Morgan fingerprint density at radius 1 is 1.53 bits per heavy atom. The van der Waals surface area contributed by atoms with Crippen LogP contribution < -0.4 is 0 Å². The Morgan fingerprint density at radius 2 is 2.18 bits per heavy atom. The first-order chi connectivity index (χ1) is 7.88. The Morgan fingerprint density at radius 3 is 2.71 bits per heavy atom. The second kappa shape index (κ2) is 5.55. The van der Waals surface area contributed by atoms with Gasteiger partial charge in [0.2, 0.25) is 0 Å². The summed E-state index contributed by atoms with van der Waals surface area (Å²) in [4.78, 5) is 8.24. The average molecular weight is 287 g/mol. The smallest absolute Gasteiger partial charge is 0.395 e. The molecule has 0 amide bonds. The highest BCUT2D eigenvalue weighted by atomic mass is 35.5. The van der Waals surface area contributed by atoms with Gasteiger partial charge in [0, 0.05) is 6.20 Å². The topological polar surface area (TPSA) is 34.5 Å². The summed E-state index contributed by atoms with van der Waals surface area (Å²) in [6, 6.07) is 0.761. The molecule has 0 atom stereocenters. The summed E-state index contributed by atoms with van der Waals surface area (Å²) in [5.41, 5.74) is -1.29. The van der Waals surface area contributed by atoms with Crippen LogP contribution in [0.15, 0.2) is 17.4 Å². The molecule has 0 saturated carbocycles. The van der Waals surface area contributed by atoms with Gasteiger partial charge in [0.25, 0.3) is 0 Å². The van der Waals surface area contributed by atoms with Crippen molar-refractivity contribution in [2.45, 2.75) is 13.1 Å². The minimum absolute atomic E-state index is 0.229. The lowest BCUT2D eigenvalue weighted by molar-refractivity contribution is -0.137. The van der Waals surface area contributed by atoms with Crippen LogP contribution >= 0.6 is 23.2 Å². The highest BCUT2D eigenvalue weighted by Gasteiger charge is 2.34. The number of pyridine rings is 1. The maximum atomic E-state index is 12.5. The zero-order chi connectivity index (χ0) is 13.1. The molecule has 0 spiro atoms. The van der Waals surface area contributed by atoms with Gasteiger partial charge in [0.05, 0.1) is 10.6 Å². The molecule has 1 aromatic heterocycles. The molecule has 0 unspecified atom stereocenters. The molecule has 0 radical (unpaired) electrons. The van der Waals surface area contributed by atoms with Crippen LogP contribution in [0.1, 0.15) is 18.2 Å². The molecule has 0 aromatic carbocycles. The zero-order valence-electron chi connectivity index (χ0n) is 8.55. The fourth-order valence-corrected chi connectivity index (χ4v) is 1.52. The standard InChI is InChI=1S/C9H7Cl2F3N2O/c1-2-17-16-8(11)7-6(10)5(3-4-15-7)9(12,13)14/h3-4H,2H2,1H3. The molecule has 17 heavy (non-hydrogen) atoms. The number of oxime groups is 1. The van der Waals surface area contributed by atoms with Crippen LogP contribution in [0.2, 0.25) is 5.02 Å². The number of nitrogens with zero attached hydrogens (tertiary/aromatic N) is 2. The highest BCUT2D eigenvalue weighted by molar-refractivity contribution is 6.70. The third-order valence-corrected chi connectivity index (χ3v) is 2.29. The molecule has 0 bridgehead atoms. The van der Waals surface area contributed by atoms with Crippen LogP contribution in [0, 0.1) is 0 Å². The number of hydrogen-bond acceptors (Lipinski definition) is 3. The zero-order valence-corrected chi connectivity index (χ0v) is 10.1. The molecular formula is C9H7Cl2F3N2O. The maximum Gasteiger partial charge on any atom is 0.417 e. The number of alkyl halides is 3. The summed E-state index contributed by atoms with van der Waals surface area (Å²) in [5.74, 6) is 0. The van der Waals surface area contributed by atoms with E-state index in [0.717, 1.165) is 12.3 Å². The average Bonchev–Trinajstić information content (AvgIpc) is 2.24. The largest absolute Gasteiger partial charge is 0.417 e. The quantitative estimate of drug-likeness (QED) is 0.627. The predicted molar refractivity (Wildman–Crippen MR) is 58.3 cm³/mol. The Labute approximate surface area is 105 Å². The Hall–Kier alpha value is -1.01. The van der Waals surface area contributed by atoms with Crippen LogP contribution in [0.3, 0.4) is 0 Å². The van der Waals surface area contributed by atoms with Gasteiger partial charge >= 0.3 is 6.18 Å². The van der Waals surface area contributed by atoms with E-state index in [1.54, 1.807) is 6.92 Å². The SMILES string of the molecule is CCON=C(Cl)c1nccc(C(F)(F)F)c1Cl. The van der Waals surface area contributed by atoms with E-state index in [0.29, 0.717) is 0 Å². The molecule has 0 aliphatic carbocycles. The molecule has 1 heterocycles. The predicted octanol–water partition coefficient (Wildman–Crippen LogP) is 3.69. The molecule has 1 aromatic rings. The van der Waals surface area contributed by atoms with Crippen molar-refractivity contribution in [3.05, 3.63) is 28.5 Å². The monoisotopic (exact) mass is 286 g/mol. The second-order valence-corrected chi connectivity index (χ2v) is 3.55. The Kier molecular flexibility index (Phi) is 4.59. The number of aromatic nitrogens is 1. The van der Waals surface area contributed by atoms with E-state index in [-0.39, 0.29) is 17.5 Å². The number of halogens is 5. The fraction of sp³-hybridized carbons (Fsp3) is 0.333. The molecule has 0 aliphatic rings. The van der Waals surface area contributed by atoms with Crippen molar-refractivity contribution in [3.8, 4) is 0 Å². The van der Waals surface area contributed by atoms with Crippen LogP contribution in [-0.4, -0.2) is 16.8 Å². The molecule has 0 saturated heterocycles. The van der Waals surface area contributed by atoms with E-state index in [1.165, 1.54) is 0 Å². The van der Waals surface area contributed by atoms with Crippen molar-refractivity contribution in [2.75, 3.05) is 6.61 Å². The van der Waals surface area contributed by atoms with Crippen LogP contribution in [-0.2, 0) is 11.0 Å². The summed E-state index contributed by atoms with van der Waals surface area (Å²) in [6.07, 6.45) is -3.62. The van der Waals surface area contributed by atoms with E-state index in [1.807, 2.05) is 0 Å². The summed E-state index contributed by atoms with van der Waals surface area (Å²) in [5, 5.41) is 2.43. The lowest BCUT2D eigenvalue weighted by Crippen LogP contribution is -2.09. The molecule has 8 heteroatoms. The number of hydrogen-bond donors (Lipinski definition) is 0. The van der Waals surface area contributed by atoms with Gasteiger partial charge in [0.15, 0.2) is 5.17 Å². The molecule has 0 N–H and O–H groups in total. The van der Waals surface area contributed by atoms with E-state index in [2.05, 4.69) is 15.0 Å². The lowest BCUT2D eigenvalue weighted by Gasteiger charge is -2.10. The van der Waals surface area contributed by atoms with Crippen molar-refractivity contribution in [1.29, 1.82) is 0 Å². The van der Waals surface area contributed by atoms with Gasteiger partial charge in [-0.05, 0) is 13.0 Å². The lowest BCUT2D eigenvalue weighted by atomic mass is 10.2. The second-order valence-electron chi connectivity index (χ2n) is 2.82. The third kappa shape index (κ3) is 3.47. The van der Waals surface area contributed by atoms with E-state index >= 15 is 0 Å².